The summed E-state index contributed by atoms with van der Waals surface area (Å²) in [6.07, 6.45) is 6.40. The largest absolute Gasteiger partial charge is 0.292 e. The molecule has 0 saturated heterocycles. The molecule has 0 fully saturated rings. The second-order valence-corrected chi connectivity index (χ2v) is 3.29. The molecule has 1 unspecified atom stereocenters. The molecule has 74 valence electrons. The van der Waals surface area contributed by atoms with Crippen LogP contribution in [0.15, 0.2) is 36.5 Å². The molecule has 0 radical (unpaired) electrons. The fraction of sp³-hybridized carbons (Fsp3) is 0.333. The first kappa shape index (κ1) is 10.6. The van der Waals surface area contributed by atoms with Crippen LogP contribution in [0, 0.1) is 5.92 Å². The van der Waals surface area contributed by atoms with Crippen molar-refractivity contribution >= 4 is 5.78 Å². The first-order valence-corrected chi connectivity index (χ1v) is 4.82. The van der Waals surface area contributed by atoms with Crippen molar-refractivity contribution in [3.8, 4) is 0 Å². The standard InChI is InChI=1S/C12H15NO/c1-3-4-7-10(2)12(14)11-8-5-6-9-13-11/h3-6,8-10H,7H2,1-2H3/b4-3+. The first-order chi connectivity index (χ1) is 6.75. The monoisotopic (exact) mass is 189 g/mol. The van der Waals surface area contributed by atoms with Crippen LogP contribution >= 0.6 is 0 Å². The maximum atomic E-state index is 11.8. The zero-order valence-electron chi connectivity index (χ0n) is 8.60. The van der Waals surface area contributed by atoms with Gasteiger partial charge in [0.1, 0.15) is 5.69 Å². The van der Waals surface area contributed by atoms with Gasteiger partial charge < -0.3 is 0 Å². The van der Waals surface area contributed by atoms with E-state index in [1.165, 1.54) is 0 Å². The van der Waals surface area contributed by atoms with E-state index in [1.807, 2.05) is 38.1 Å². The van der Waals surface area contributed by atoms with E-state index < -0.39 is 0 Å². The van der Waals surface area contributed by atoms with Gasteiger partial charge in [-0.1, -0.05) is 25.1 Å². The van der Waals surface area contributed by atoms with E-state index >= 15 is 0 Å². The molecule has 1 heterocycles. The Labute approximate surface area is 84.7 Å². The van der Waals surface area contributed by atoms with Gasteiger partial charge in [-0.3, -0.25) is 9.78 Å². The van der Waals surface area contributed by atoms with Crippen molar-refractivity contribution in [3.05, 3.63) is 42.2 Å². The third-order valence-electron chi connectivity index (χ3n) is 2.09. The molecule has 0 aliphatic heterocycles. The van der Waals surface area contributed by atoms with Gasteiger partial charge in [-0.25, -0.2) is 0 Å². The number of hydrogen-bond acceptors (Lipinski definition) is 2. The minimum absolute atomic E-state index is 0.0149. The Bertz CT molecular complexity index is 316. The van der Waals surface area contributed by atoms with Crippen molar-refractivity contribution in [3.63, 3.8) is 0 Å². The Kier molecular flexibility index (Phi) is 4.05. The van der Waals surface area contributed by atoms with Crippen molar-refractivity contribution in [1.29, 1.82) is 0 Å². The number of carbonyl (C=O) groups is 1. The van der Waals surface area contributed by atoms with E-state index in [4.69, 9.17) is 0 Å². The third-order valence-corrected chi connectivity index (χ3v) is 2.09. The topological polar surface area (TPSA) is 30.0 Å². The summed E-state index contributed by atoms with van der Waals surface area (Å²) < 4.78 is 0. The molecule has 0 N–H and O–H groups in total. The molecule has 0 amide bonds. The molecule has 14 heavy (non-hydrogen) atoms. The summed E-state index contributed by atoms with van der Waals surface area (Å²) in [6, 6.07) is 5.41. The van der Waals surface area contributed by atoms with Gasteiger partial charge in [-0.15, -0.1) is 0 Å². The van der Waals surface area contributed by atoms with Gasteiger partial charge in [0.2, 0.25) is 0 Å². The van der Waals surface area contributed by atoms with Crippen molar-refractivity contribution in [2.75, 3.05) is 0 Å². The maximum Gasteiger partial charge on any atom is 0.184 e. The lowest BCUT2D eigenvalue weighted by Gasteiger charge is -2.06. The SMILES string of the molecule is C/C=C/CC(C)C(=O)c1ccccn1. The van der Waals surface area contributed by atoms with E-state index in [0.29, 0.717) is 5.69 Å². The number of allylic oxidation sites excluding steroid dienone is 2. The van der Waals surface area contributed by atoms with Gasteiger partial charge >= 0.3 is 0 Å². The van der Waals surface area contributed by atoms with E-state index in [-0.39, 0.29) is 11.7 Å². The van der Waals surface area contributed by atoms with Crippen LogP contribution in [-0.2, 0) is 0 Å². The third kappa shape index (κ3) is 2.80. The average Bonchev–Trinajstić information content (AvgIpc) is 2.26. The van der Waals surface area contributed by atoms with E-state index in [9.17, 15) is 4.79 Å². The van der Waals surface area contributed by atoms with E-state index in [0.717, 1.165) is 6.42 Å². The molecule has 0 spiro atoms. The molecule has 0 aliphatic rings. The van der Waals surface area contributed by atoms with Crippen LogP contribution in [-0.4, -0.2) is 10.8 Å². The van der Waals surface area contributed by atoms with Crippen molar-refractivity contribution in [2.24, 2.45) is 5.92 Å². The van der Waals surface area contributed by atoms with E-state index in [2.05, 4.69) is 4.98 Å². The predicted molar refractivity (Wildman–Crippen MR) is 57.2 cm³/mol. The Morgan fingerprint density at radius 1 is 1.57 bits per heavy atom. The first-order valence-electron chi connectivity index (χ1n) is 4.82. The van der Waals surface area contributed by atoms with Crippen LogP contribution in [0.4, 0.5) is 0 Å². The molecule has 0 aliphatic carbocycles. The van der Waals surface area contributed by atoms with Crippen LogP contribution in [0.2, 0.25) is 0 Å². The summed E-state index contributed by atoms with van der Waals surface area (Å²) in [6.45, 7) is 3.88. The van der Waals surface area contributed by atoms with Crippen LogP contribution < -0.4 is 0 Å². The highest BCUT2D eigenvalue weighted by Crippen LogP contribution is 2.10. The van der Waals surface area contributed by atoms with Gasteiger partial charge in [0.05, 0.1) is 0 Å². The summed E-state index contributed by atoms with van der Waals surface area (Å²) in [5.41, 5.74) is 0.560. The molecular weight excluding hydrogens is 174 g/mol. The van der Waals surface area contributed by atoms with Gasteiger partial charge in [0.15, 0.2) is 5.78 Å². The lowest BCUT2D eigenvalue weighted by Crippen LogP contribution is -2.11. The van der Waals surface area contributed by atoms with Crippen molar-refractivity contribution in [1.82, 2.24) is 4.98 Å². The number of rotatable bonds is 4. The number of Topliss-reactive ketones (excluding diaryl/α,β-unsaturated/α-hetero) is 1. The Balaban J connectivity index is 2.66. The van der Waals surface area contributed by atoms with Crippen LogP contribution in [0.3, 0.4) is 0 Å². The number of pyridine rings is 1. The molecule has 0 saturated carbocycles. The zero-order chi connectivity index (χ0) is 10.4. The Morgan fingerprint density at radius 2 is 2.36 bits per heavy atom. The molecule has 2 nitrogen and oxygen atoms in total. The Morgan fingerprint density at radius 3 is 2.93 bits per heavy atom. The highest BCUT2D eigenvalue weighted by molar-refractivity contribution is 5.95. The highest BCUT2D eigenvalue weighted by Gasteiger charge is 2.13. The zero-order valence-corrected chi connectivity index (χ0v) is 8.60. The number of nitrogens with zero attached hydrogens (tertiary/aromatic N) is 1. The van der Waals surface area contributed by atoms with Gasteiger partial charge in [-0.05, 0) is 25.5 Å². The number of aromatic nitrogens is 1. The van der Waals surface area contributed by atoms with Crippen molar-refractivity contribution in [2.45, 2.75) is 20.3 Å². The summed E-state index contributed by atoms with van der Waals surface area (Å²) in [5, 5.41) is 0. The molecule has 1 aromatic rings. The van der Waals surface area contributed by atoms with Gasteiger partial charge in [0, 0.05) is 12.1 Å². The number of ketones is 1. The fourth-order valence-electron chi connectivity index (χ4n) is 1.21. The molecule has 2 heteroatoms. The quantitative estimate of drug-likeness (QED) is 0.538. The van der Waals surface area contributed by atoms with Crippen LogP contribution in [0.5, 0.6) is 0 Å². The predicted octanol–water partition coefficient (Wildman–Crippen LogP) is 2.87. The average molecular weight is 189 g/mol. The second-order valence-electron chi connectivity index (χ2n) is 3.29. The minimum atomic E-state index is 0.0149. The summed E-state index contributed by atoms with van der Waals surface area (Å²) in [4.78, 5) is 15.8. The molecule has 1 aromatic heterocycles. The summed E-state index contributed by atoms with van der Waals surface area (Å²) in [5.74, 6) is 0.129. The lowest BCUT2D eigenvalue weighted by molar-refractivity contribution is 0.0926. The molecule has 0 bridgehead atoms. The molecule has 1 atom stereocenters. The van der Waals surface area contributed by atoms with Gasteiger partial charge in [0.25, 0.3) is 0 Å². The Hall–Kier alpha value is -1.44. The van der Waals surface area contributed by atoms with Gasteiger partial charge in [-0.2, -0.15) is 0 Å². The fourth-order valence-corrected chi connectivity index (χ4v) is 1.21. The molecule has 0 aromatic carbocycles. The second kappa shape index (κ2) is 5.32. The highest BCUT2D eigenvalue weighted by atomic mass is 16.1. The molecular formula is C12H15NO. The van der Waals surface area contributed by atoms with Crippen LogP contribution in [0.25, 0.3) is 0 Å². The normalized spacial score (nSPS) is 13.0. The maximum absolute atomic E-state index is 11.8. The van der Waals surface area contributed by atoms with Crippen LogP contribution in [0.1, 0.15) is 30.8 Å². The van der Waals surface area contributed by atoms with Crippen molar-refractivity contribution < 1.29 is 4.79 Å². The lowest BCUT2D eigenvalue weighted by atomic mass is 9.99. The molecule has 1 rings (SSSR count). The summed E-state index contributed by atoms with van der Waals surface area (Å²) in [7, 11) is 0. The minimum Gasteiger partial charge on any atom is -0.292 e. The van der Waals surface area contributed by atoms with E-state index in [1.54, 1.807) is 12.3 Å². The number of carbonyl (C=O) groups excluding carboxylic acids is 1. The number of hydrogen-bond donors (Lipinski definition) is 0. The smallest absolute Gasteiger partial charge is 0.184 e. The summed E-state index contributed by atoms with van der Waals surface area (Å²) >= 11 is 0.